The van der Waals surface area contributed by atoms with E-state index in [-0.39, 0.29) is 17.9 Å². The molecule has 0 aliphatic carbocycles. The number of benzene rings is 3. The van der Waals surface area contributed by atoms with Gasteiger partial charge in [0.15, 0.2) is 17.9 Å². The van der Waals surface area contributed by atoms with Gasteiger partial charge in [0.25, 0.3) is 0 Å². The molecule has 0 spiro atoms. The van der Waals surface area contributed by atoms with Crippen LogP contribution in [0.3, 0.4) is 0 Å². The second-order valence-corrected chi connectivity index (χ2v) is 12.2. The second-order valence-electron chi connectivity index (χ2n) is 11.3. The third-order valence-corrected chi connectivity index (χ3v) is 6.74. The van der Waals surface area contributed by atoms with E-state index < -0.39 is 0 Å². The molecule has 276 valence electrons. The fourth-order valence-electron chi connectivity index (χ4n) is 3.29. The first kappa shape index (κ1) is 43.5. The number of hydrogen-bond acceptors (Lipinski definition) is 3. The Hall–Kier alpha value is -5.54. The van der Waals surface area contributed by atoms with Gasteiger partial charge in [-0.05, 0) is 66.4 Å². The summed E-state index contributed by atoms with van der Waals surface area (Å²) in [6.07, 6.45) is 0.787. The second kappa shape index (κ2) is 23.0. The van der Waals surface area contributed by atoms with Crippen molar-refractivity contribution in [2.24, 2.45) is 64.4 Å². The number of aryl methyl sites for hydroxylation is 1. The van der Waals surface area contributed by atoms with E-state index in [1.807, 2.05) is 67.6 Å². The highest BCUT2D eigenvalue weighted by molar-refractivity contribution is 6.30. The first-order valence-corrected chi connectivity index (χ1v) is 16.3. The molecule has 51 heavy (non-hydrogen) atoms. The Kier molecular flexibility index (Phi) is 19.6. The van der Waals surface area contributed by atoms with Gasteiger partial charge in [0, 0.05) is 58.9 Å². The molecule has 3 aromatic carbocycles. The Morgan fingerprint density at radius 2 is 1.00 bits per heavy atom. The molecule has 3 rings (SSSR count). The lowest BCUT2D eigenvalue weighted by Crippen LogP contribution is -2.32. The van der Waals surface area contributed by atoms with E-state index in [1.54, 1.807) is 69.1 Å². The van der Waals surface area contributed by atoms with Crippen LogP contribution in [-0.4, -0.2) is 99.3 Å². The molecule has 0 fully saturated rings. The summed E-state index contributed by atoms with van der Waals surface area (Å²) in [7, 11) is 10.7. The summed E-state index contributed by atoms with van der Waals surface area (Å²) in [5, 5.41) is 1.42. The number of hydrogen-bond donors (Lipinski definition) is 6. The Labute approximate surface area is 311 Å². The number of nitrogens with two attached hydrogens (primary N) is 6. The average molecular weight is 741 g/mol. The van der Waals surface area contributed by atoms with Crippen molar-refractivity contribution >= 4 is 64.6 Å². The van der Waals surface area contributed by atoms with Crippen LogP contribution in [0.4, 0.5) is 5.69 Å². The van der Waals surface area contributed by atoms with Crippen LogP contribution in [-0.2, 0) is 13.0 Å². The summed E-state index contributed by atoms with van der Waals surface area (Å²) in [6, 6.07) is 22.7. The first-order valence-electron chi connectivity index (χ1n) is 15.5. The van der Waals surface area contributed by atoms with Gasteiger partial charge in [-0.25, -0.2) is 9.98 Å². The van der Waals surface area contributed by atoms with E-state index in [0.717, 1.165) is 33.8 Å². The van der Waals surface area contributed by atoms with Crippen LogP contribution in [0.25, 0.3) is 0 Å². The monoisotopic (exact) mass is 739 g/mol. The van der Waals surface area contributed by atoms with Crippen LogP contribution >= 0.6 is 23.2 Å². The molecule has 0 heterocycles. The Morgan fingerprint density at radius 1 is 0.569 bits per heavy atom. The third-order valence-electron chi connectivity index (χ3n) is 6.23. The summed E-state index contributed by atoms with van der Waals surface area (Å²) in [6.45, 7) is 3.01. The quantitative estimate of drug-likeness (QED) is 0.161. The molecule has 0 amide bonds. The molecule has 0 atom stereocenters. The maximum atomic E-state index is 5.80. The number of rotatable bonds is 6. The van der Waals surface area contributed by atoms with Gasteiger partial charge in [-0.15, -0.1) is 0 Å². The molecular weight excluding hydrogens is 689 g/mol. The van der Waals surface area contributed by atoms with Crippen LogP contribution < -0.4 is 34.4 Å². The minimum absolute atomic E-state index is 0.150. The molecule has 0 bridgehead atoms. The molecule has 0 radical (unpaired) electrons. The summed E-state index contributed by atoms with van der Waals surface area (Å²) >= 11 is 11.6. The zero-order chi connectivity index (χ0) is 38.5. The Balaban J connectivity index is 0.000000383. The van der Waals surface area contributed by atoms with Gasteiger partial charge in [-0.3, -0.25) is 4.99 Å². The molecule has 0 aromatic heterocycles. The zero-order valence-corrected chi connectivity index (χ0v) is 31.8. The number of halogens is 2. The van der Waals surface area contributed by atoms with Gasteiger partial charge < -0.3 is 49.1 Å². The van der Waals surface area contributed by atoms with Gasteiger partial charge in [0.1, 0.15) is 0 Å². The van der Waals surface area contributed by atoms with Crippen molar-refractivity contribution in [3.63, 3.8) is 0 Å². The summed E-state index contributed by atoms with van der Waals surface area (Å²) in [4.78, 5) is 29.2. The number of aliphatic imine (C=N–C) groups is 6. The molecule has 3 aromatic rings. The van der Waals surface area contributed by atoms with Gasteiger partial charge in [-0.1, -0.05) is 59.6 Å². The molecule has 15 nitrogen and oxygen atoms in total. The highest BCUT2D eigenvalue weighted by Crippen LogP contribution is 2.13. The average Bonchev–Trinajstić information content (AvgIpc) is 3.05. The molecule has 17 heteroatoms. The van der Waals surface area contributed by atoms with Crippen molar-refractivity contribution in [3.05, 3.63) is 99.5 Å². The van der Waals surface area contributed by atoms with Crippen LogP contribution in [0, 0.1) is 6.92 Å². The maximum Gasteiger partial charge on any atom is 0.223 e. The van der Waals surface area contributed by atoms with Crippen molar-refractivity contribution in [3.8, 4) is 0 Å². The summed E-state index contributed by atoms with van der Waals surface area (Å²) in [5.74, 6) is 1.48. The largest absolute Gasteiger partial charge is 0.369 e. The lowest BCUT2D eigenvalue weighted by atomic mass is 10.1. The van der Waals surface area contributed by atoms with Crippen molar-refractivity contribution in [1.82, 2.24) is 14.7 Å². The van der Waals surface area contributed by atoms with Crippen molar-refractivity contribution in [2.75, 3.05) is 48.8 Å². The standard InChI is InChI=1S/C12H18ClN5.C11H16ClN5.C11H17N5/c1-18(2)12(15)17-11(14)16-8-7-9-3-5-10(13)6-4-9;1-17(2)11(14)16-10(13)15-7-8-3-5-9(12)6-4-8;1-8-5-4-6-9(7-8)14-10(12)15-11(13)16(2)3/h3-6H,7-8H2,1-2H3,(H4,14,15,16,17);3-6H,7H2,1-2H3,(H4,13,14,15,16);4-7H,1-3H3,(H4,12,13,14,15). The molecule has 12 N–H and O–H groups in total. The molecular formula is C34H51Cl2N15. The molecule has 0 aliphatic rings. The van der Waals surface area contributed by atoms with Crippen LogP contribution in [0.5, 0.6) is 0 Å². The third kappa shape index (κ3) is 19.9. The SMILES string of the molecule is CN(C)C(N)=NC(N)=NCCc1ccc(Cl)cc1.CN(C)C(N)=NC(N)=NCc1ccc(Cl)cc1.Cc1cccc(N=C(N)N=C(N)N(C)C)c1. The van der Waals surface area contributed by atoms with Crippen molar-refractivity contribution in [1.29, 1.82) is 0 Å². The van der Waals surface area contributed by atoms with E-state index in [0.29, 0.717) is 36.0 Å². The topological polar surface area (TPSA) is 240 Å². The van der Waals surface area contributed by atoms with E-state index >= 15 is 0 Å². The fraction of sp³-hybridized carbons (Fsp3) is 0.294. The zero-order valence-electron chi connectivity index (χ0n) is 30.3. The van der Waals surface area contributed by atoms with Crippen molar-refractivity contribution < 1.29 is 0 Å². The van der Waals surface area contributed by atoms with Crippen LogP contribution in [0.2, 0.25) is 10.0 Å². The lowest BCUT2D eigenvalue weighted by Gasteiger charge is -2.09. The minimum atomic E-state index is 0.150. The fourth-order valence-corrected chi connectivity index (χ4v) is 3.54. The molecule has 0 unspecified atom stereocenters. The summed E-state index contributed by atoms with van der Waals surface area (Å²) in [5.41, 5.74) is 37.8. The number of nitrogens with zero attached hydrogens (tertiary/aromatic N) is 9. The van der Waals surface area contributed by atoms with E-state index in [4.69, 9.17) is 57.6 Å². The highest BCUT2D eigenvalue weighted by atomic mass is 35.5. The van der Waals surface area contributed by atoms with E-state index in [2.05, 4.69) is 30.0 Å². The minimum Gasteiger partial charge on any atom is -0.369 e. The number of guanidine groups is 6. The summed E-state index contributed by atoms with van der Waals surface area (Å²) < 4.78 is 0. The predicted molar refractivity (Wildman–Crippen MR) is 217 cm³/mol. The van der Waals surface area contributed by atoms with Gasteiger partial charge >= 0.3 is 0 Å². The molecule has 0 saturated heterocycles. The Morgan fingerprint density at radius 3 is 1.45 bits per heavy atom. The van der Waals surface area contributed by atoms with E-state index in [1.165, 1.54) is 0 Å². The highest BCUT2D eigenvalue weighted by Gasteiger charge is 1.99. The maximum absolute atomic E-state index is 5.80. The first-order chi connectivity index (χ1) is 24.0. The lowest BCUT2D eigenvalue weighted by molar-refractivity contribution is 0.615. The predicted octanol–water partition coefficient (Wildman–Crippen LogP) is 2.92. The van der Waals surface area contributed by atoms with Gasteiger partial charge in [0.2, 0.25) is 17.9 Å². The van der Waals surface area contributed by atoms with E-state index in [9.17, 15) is 0 Å². The van der Waals surface area contributed by atoms with Crippen molar-refractivity contribution in [2.45, 2.75) is 19.9 Å². The Bertz CT molecular complexity index is 1680. The molecule has 0 aliphatic heterocycles. The van der Waals surface area contributed by atoms with Gasteiger partial charge in [-0.2, -0.15) is 15.0 Å². The smallest absolute Gasteiger partial charge is 0.223 e. The van der Waals surface area contributed by atoms with Crippen LogP contribution in [0.1, 0.15) is 16.7 Å². The normalized spacial score (nSPS) is 12.6. The molecule has 0 saturated carbocycles. The van der Waals surface area contributed by atoms with Crippen LogP contribution in [0.15, 0.2) is 103 Å². The van der Waals surface area contributed by atoms with Gasteiger partial charge in [0.05, 0.1) is 12.2 Å².